The van der Waals surface area contributed by atoms with E-state index >= 15 is 0 Å². The maximum Gasteiger partial charge on any atom is 0.317 e. The lowest BCUT2D eigenvalue weighted by Crippen LogP contribution is -2.35. The number of aliphatic carboxylic acids is 1. The zero-order valence-corrected chi connectivity index (χ0v) is 9.62. The summed E-state index contributed by atoms with van der Waals surface area (Å²) in [6.07, 6.45) is 1.46. The number of carboxylic acid groups (broad SMARTS) is 1. The summed E-state index contributed by atoms with van der Waals surface area (Å²) in [6.45, 7) is 0.398. The molecule has 2 rings (SSSR count). The Bertz CT molecular complexity index is 376. The lowest BCUT2D eigenvalue weighted by atomic mass is 10.1. The molecule has 0 bridgehead atoms. The maximum absolute atomic E-state index is 10.7. The molecule has 1 aliphatic rings. The van der Waals surface area contributed by atoms with Crippen LogP contribution >= 0.6 is 0 Å². The van der Waals surface area contributed by atoms with Crippen LogP contribution in [-0.2, 0) is 4.79 Å². The van der Waals surface area contributed by atoms with Gasteiger partial charge in [0.05, 0.1) is 12.6 Å². The van der Waals surface area contributed by atoms with Crippen LogP contribution in [-0.4, -0.2) is 40.2 Å². The van der Waals surface area contributed by atoms with E-state index in [4.69, 9.17) is 5.11 Å². The van der Waals surface area contributed by atoms with Gasteiger partial charge in [0.1, 0.15) is 0 Å². The zero-order valence-electron chi connectivity index (χ0n) is 9.62. The SMILES string of the molecule is O=C(O)CN(CC(O)c1ccccc1)C1CC1. The number of benzene rings is 1. The van der Waals surface area contributed by atoms with Crippen LogP contribution in [0.3, 0.4) is 0 Å². The molecule has 1 saturated carbocycles. The van der Waals surface area contributed by atoms with Crippen molar-refractivity contribution >= 4 is 5.97 Å². The van der Waals surface area contributed by atoms with Crippen molar-refractivity contribution < 1.29 is 15.0 Å². The molecule has 2 N–H and O–H groups in total. The van der Waals surface area contributed by atoms with E-state index in [2.05, 4.69) is 0 Å². The summed E-state index contributed by atoms with van der Waals surface area (Å²) in [4.78, 5) is 12.6. The summed E-state index contributed by atoms with van der Waals surface area (Å²) in [5.74, 6) is -0.836. The maximum atomic E-state index is 10.7. The largest absolute Gasteiger partial charge is 0.480 e. The van der Waals surface area contributed by atoms with Gasteiger partial charge in [-0.3, -0.25) is 9.69 Å². The molecule has 1 aliphatic carbocycles. The van der Waals surface area contributed by atoms with E-state index in [-0.39, 0.29) is 6.54 Å². The van der Waals surface area contributed by atoms with E-state index in [1.165, 1.54) is 0 Å². The minimum absolute atomic E-state index is 0.00849. The molecular formula is C13H17NO3. The number of aliphatic hydroxyl groups is 1. The molecule has 1 aromatic rings. The van der Waals surface area contributed by atoms with Crippen molar-refractivity contribution in [1.29, 1.82) is 0 Å². The molecule has 4 heteroatoms. The summed E-state index contributed by atoms with van der Waals surface area (Å²) >= 11 is 0. The first-order chi connectivity index (χ1) is 8.16. The Morgan fingerprint density at radius 3 is 2.53 bits per heavy atom. The summed E-state index contributed by atoms with van der Waals surface area (Å²) in [7, 11) is 0. The van der Waals surface area contributed by atoms with Crippen molar-refractivity contribution in [3.63, 3.8) is 0 Å². The third-order valence-corrected chi connectivity index (χ3v) is 2.99. The van der Waals surface area contributed by atoms with Crippen LogP contribution in [0.2, 0.25) is 0 Å². The fourth-order valence-electron chi connectivity index (χ4n) is 1.96. The van der Waals surface area contributed by atoms with Gasteiger partial charge < -0.3 is 10.2 Å². The van der Waals surface area contributed by atoms with Gasteiger partial charge in [0.2, 0.25) is 0 Å². The average molecular weight is 235 g/mol. The average Bonchev–Trinajstić information content (AvgIpc) is 3.12. The predicted molar refractivity (Wildman–Crippen MR) is 63.6 cm³/mol. The zero-order chi connectivity index (χ0) is 12.3. The van der Waals surface area contributed by atoms with Crippen LogP contribution in [0.5, 0.6) is 0 Å². The second-order valence-corrected chi connectivity index (χ2v) is 4.48. The van der Waals surface area contributed by atoms with Crippen LogP contribution in [0.25, 0.3) is 0 Å². The molecule has 17 heavy (non-hydrogen) atoms. The monoisotopic (exact) mass is 235 g/mol. The minimum Gasteiger partial charge on any atom is -0.480 e. The highest BCUT2D eigenvalue weighted by Gasteiger charge is 2.31. The number of rotatable bonds is 6. The minimum atomic E-state index is -0.836. The van der Waals surface area contributed by atoms with Gasteiger partial charge in [-0.15, -0.1) is 0 Å². The molecule has 1 unspecified atom stereocenters. The van der Waals surface area contributed by atoms with Crippen molar-refractivity contribution in [2.45, 2.75) is 25.0 Å². The Kier molecular flexibility index (Phi) is 3.76. The van der Waals surface area contributed by atoms with Crippen molar-refractivity contribution in [2.75, 3.05) is 13.1 Å². The van der Waals surface area contributed by atoms with Crippen LogP contribution in [0.4, 0.5) is 0 Å². The van der Waals surface area contributed by atoms with Gasteiger partial charge in [-0.05, 0) is 18.4 Å². The smallest absolute Gasteiger partial charge is 0.317 e. The fraction of sp³-hybridized carbons (Fsp3) is 0.462. The number of carbonyl (C=O) groups is 1. The number of carboxylic acids is 1. The number of hydrogen-bond acceptors (Lipinski definition) is 3. The molecule has 1 fully saturated rings. The van der Waals surface area contributed by atoms with E-state index in [0.717, 1.165) is 18.4 Å². The Morgan fingerprint density at radius 1 is 1.35 bits per heavy atom. The molecule has 0 spiro atoms. The molecule has 0 aromatic heterocycles. The van der Waals surface area contributed by atoms with Crippen LogP contribution in [0.1, 0.15) is 24.5 Å². The number of nitrogens with zero attached hydrogens (tertiary/aromatic N) is 1. The normalized spacial score (nSPS) is 17.1. The summed E-state index contributed by atoms with van der Waals surface area (Å²) in [6, 6.07) is 9.69. The first-order valence-corrected chi connectivity index (χ1v) is 5.85. The summed E-state index contributed by atoms with van der Waals surface area (Å²) in [5, 5.41) is 18.9. The summed E-state index contributed by atoms with van der Waals surface area (Å²) in [5.41, 5.74) is 0.837. The van der Waals surface area contributed by atoms with Gasteiger partial charge in [-0.2, -0.15) is 0 Å². The quantitative estimate of drug-likeness (QED) is 0.779. The topological polar surface area (TPSA) is 60.8 Å². The second kappa shape index (κ2) is 5.29. The highest BCUT2D eigenvalue weighted by molar-refractivity contribution is 5.69. The molecule has 1 atom stereocenters. The summed E-state index contributed by atoms with van der Waals surface area (Å²) < 4.78 is 0. The molecule has 92 valence electrons. The molecule has 0 amide bonds. The highest BCUT2D eigenvalue weighted by Crippen LogP contribution is 2.28. The van der Waals surface area contributed by atoms with Crippen molar-refractivity contribution in [2.24, 2.45) is 0 Å². The van der Waals surface area contributed by atoms with Crippen molar-refractivity contribution in [3.8, 4) is 0 Å². The van der Waals surface area contributed by atoms with Gasteiger partial charge >= 0.3 is 5.97 Å². The molecule has 4 nitrogen and oxygen atoms in total. The third-order valence-electron chi connectivity index (χ3n) is 2.99. The van der Waals surface area contributed by atoms with Gasteiger partial charge in [-0.25, -0.2) is 0 Å². The van der Waals surface area contributed by atoms with Crippen LogP contribution < -0.4 is 0 Å². The third kappa shape index (κ3) is 3.54. The highest BCUT2D eigenvalue weighted by atomic mass is 16.4. The Balaban J connectivity index is 1.95. The fourth-order valence-corrected chi connectivity index (χ4v) is 1.96. The molecule has 0 heterocycles. The van der Waals surface area contributed by atoms with Crippen LogP contribution in [0.15, 0.2) is 30.3 Å². The molecule has 1 aromatic carbocycles. The predicted octanol–water partition coefficient (Wildman–Crippen LogP) is 1.27. The van der Waals surface area contributed by atoms with Crippen molar-refractivity contribution in [3.05, 3.63) is 35.9 Å². The molecule has 0 aliphatic heterocycles. The van der Waals surface area contributed by atoms with E-state index in [0.29, 0.717) is 12.6 Å². The molecule has 0 radical (unpaired) electrons. The van der Waals surface area contributed by atoms with Crippen LogP contribution in [0, 0.1) is 0 Å². The molecule has 0 saturated heterocycles. The van der Waals surface area contributed by atoms with Gasteiger partial charge in [0, 0.05) is 12.6 Å². The Labute approximate surface area is 100 Å². The standard InChI is InChI=1S/C13H17NO3/c15-12(10-4-2-1-3-5-10)8-14(9-13(16)17)11-6-7-11/h1-5,11-12,15H,6-9H2,(H,16,17). The Morgan fingerprint density at radius 2 is 2.00 bits per heavy atom. The van der Waals surface area contributed by atoms with Gasteiger partial charge in [0.15, 0.2) is 0 Å². The lowest BCUT2D eigenvalue weighted by molar-refractivity contribution is -0.138. The first kappa shape index (κ1) is 12.1. The lowest BCUT2D eigenvalue weighted by Gasteiger charge is -2.23. The first-order valence-electron chi connectivity index (χ1n) is 5.85. The van der Waals surface area contributed by atoms with E-state index < -0.39 is 12.1 Å². The van der Waals surface area contributed by atoms with E-state index in [1.54, 1.807) is 0 Å². The van der Waals surface area contributed by atoms with Gasteiger partial charge in [-0.1, -0.05) is 30.3 Å². The second-order valence-electron chi connectivity index (χ2n) is 4.48. The number of aliphatic hydroxyl groups excluding tert-OH is 1. The number of hydrogen-bond donors (Lipinski definition) is 2. The Hall–Kier alpha value is -1.39. The van der Waals surface area contributed by atoms with E-state index in [9.17, 15) is 9.90 Å². The molecular weight excluding hydrogens is 218 g/mol. The van der Waals surface area contributed by atoms with E-state index in [1.807, 2.05) is 35.2 Å². The van der Waals surface area contributed by atoms with Crippen molar-refractivity contribution in [1.82, 2.24) is 4.90 Å². The van der Waals surface area contributed by atoms with Gasteiger partial charge in [0.25, 0.3) is 0 Å².